The quantitative estimate of drug-likeness (QED) is 0.825. The van der Waals surface area contributed by atoms with Crippen molar-refractivity contribution in [1.82, 2.24) is 10.2 Å². The Hall–Kier alpha value is -1.82. The molecule has 2 rings (SSSR count). The van der Waals surface area contributed by atoms with Crippen LogP contribution in [0.1, 0.15) is 23.9 Å². The molecule has 0 aliphatic rings. The molecule has 0 fully saturated rings. The molecule has 0 unspecified atom stereocenters. The van der Waals surface area contributed by atoms with Crippen LogP contribution >= 0.6 is 11.8 Å². The van der Waals surface area contributed by atoms with Gasteiger partial charge in [-0.2, -0.15) is 0 Å². The van der Waals surface area contributed by atoms with Crippen LogP contribution in [0.3, 0.4) is 0 Å². The first-order valence-corrected chi connectivity index (χ1v) is 7.29. The van der Waals surface area contributed by atoms with E-state index >= 15 is 0 Å². The fraction of sp³-hybridized carbons (Fsp3) is 0.357. The molecule has 20 heavy (non-hydrogen) atoms. The molecule has 2 aromatic rings. The van der Waals surface area contributed by atoms with Crippen molar-refractivity contribution in [2.45, 2.75) is 32.5 Å². The van der Waals surface area contributed by atoms with Gasteiger partial charge in [-0.25, -0.2) is 0 Å². The molecule has 6 heteroatoms. The lowest BCUT2D eigenvalue weighted by molar-refractivity contribution is -0.114. The third-order valence-corrected chi connectivity index (χ3v) is 3.62. The summed E-state index contributed by atoms with van der Waals surface area (Å²) in [6.45, 7) is 6.12. The lowest BCUT2D eigenvalue weighted by Crippen LogP contribution is -2.01. The first-order chi connectivity index (χ1) is 9.54. The molecule has 1 aromatic heterocycles. The van der Waals surface area contributed by atoms with Gasteiger partial charge in [-0.15, -0.1) is 10.2 Å². The van der Waals surface area contributed by atoms with Crippen LogP contribution in [0.25, 0.3) is 0 Å². The summed E-state index contributed by atoms with van der Waals surface area (Å²) >= 11 is 1.26. The van der Waals surface area contributed by atoms with E-state index in [0.717, 1.165) is 5.69 Å². The van der Waals surface area contributed by atoms with Crippen LogP contribution < -0.4 is 5.32 Å². The largest absolute Gasteiger partial charge is 0.414 e. The maximum atomic E-state index is 10.9. The highest BCUT2D eigenvalue weighted by atomic mass is 32.2. The Kier molecular flexibility index (Phi) is 4.79. The average Bonchev–Trinajstić information content (AvgIpc) is 2.83. The van der Waals surface area contributed by atoms with Crippen molar-refractivity contribution >= 4 is 23.2 Å². The van der Waals surface area contributed by atoms with E-state index in [0.29, 0.717) is 23.4 Å². The SMILES string of the molecule is CC(=O)CSc1nnc(CNc2ccc(C)cc2C)o1. The average molecular weight is 291 g/mol. The number of hydrogen-bond donors (Lipinski definition) is 1. The van der Waals surface area contributed by atoms with E-state index in [9.17, 15) is 4.79 Å². The lowest BCUT2D eigenvalue weighted by Gasteiger charge is -2.07. The van der Waals surface area contributed by atoms with Crippen molar-refractivity contribution in [2.75, 3.05) is 11.1 Å². The Morgan fingerprint density at radius 1 is 1.35 bits per heavy atom. The van der Waals surface area contributed by atoms with Gasteiger partial charge in [-0.1, -0.05) is 29.5 Å². The second-order valence-electron chi connectivity index (χ2n) is 4.62. The number of anilines is 1. The molecule has 0 aliphatic heterocycles. The molecule has 0 radical (unpaired) electrons. The second-order valence-corrected chi connectivity index (χ2v) is 5.55. The Bertz CT molecular complexity index is 610. The summed E-state index contributed by atoms with van der Waals surface area (Å²) in [6.07, 6.45) is 0. The summed E-state index contributed by atoms with van der Waals surface area (Å²) in [5.74, 6) is 0.950. The van der Waals surface area contributed by atoms with Crippen molar-refractivity contribution in [3.63, 3.8) is 0 Å². The number of rotatable bonds is 6. The lowest BCUT2D eigenvalue weighted by atomic mass is 10.1. The van der Waals surface area contributed by atoms with E-state index in [4.69, 9.17) is 4.42 Å². The number of nitrogens with one attached hydrogen (secondary N) is 1. The summed E-state index contributed by atoms with van der Waals surface area (Å²) in [7, 11) is 0. The first-order valence-electron chi connectivity index (χ1n) is 6.30. The third kappa shape index (κ3) is 4.09. The summed E-state index contributed by atoms with van der Waals surface area (Å²) in [6, 6.07) is 6.20. The van der Waals surface area contributed by atoms with Gasteiger partial charge in [0.25, 0.3) is 5.22 Å². The highest BCUT2D eigenvalue weighted by Crippen LogP contribution is 2.19. The maximum absolute atomic E-state index is 10.9. The molecule has 1 aromatic carbocycles. The molecule has 0 atom stereocenters. The molecule has 0 bridgehead atoms. The van der Waals surface area contributed by atoms with Crippen LogP contribution in [0.5, 0.6) is 0 Å². The monoisotopic (exact) mass is 291 g/mol. The van der Waals surface area contributed by atoms with Crippen molar-refractivity contribution in [2.24, 2.45) is 0 Å². The van der Waals surface area contributed by atoms with Gasteiger partial charge in [0.2, 0.25) is 5.89 Å². The summed E-state index contributed by atoms with van der Waals surface area (Å²) < 4.78 is 5.45. The van der Waals surface area contributed by atoms with Crippen molar-refractivity contribution in [3.05, 3.63) is 35.2 Å². The molecular formula is C14H17N3O2S. The number of thioether (sulfide) groups is 1. The molecule has 1 heterocycles. The van der Waals surface area contributed by atoms with Crippen molar-refractivity contribution in [3.8, 4) is 0 Å². The predicted molar refractivity (Wildman–Crippen MR) is 78.9 cm³/mol. The first kappa shape index (κ1) is 14.6. The molecule has 106 valence electrons. The molecule has 5 nitrogen and oxygen atoms in total. The number of ketones is 1. The minimum absolute atomic E-state index is 0.0863. The van der Waals surface area contributed by atoms with Crippen molar-refractivity contribution in [1.29, 1.82) is 0 Å². The second kappa shape index (κ2) is 6.56. The molecule has 0 saturated heterocycles. The van der Waals surface area contributed by atoms with Crippen LogP contribution in [-0.4, -0.2) is 21.7 Å². The molecular weight excluding hydrogens is 274 g/mol. The summed E-state index contributed by atoms with van der Waals surface area (Å²) in [5.41, 5.74) is 3.45. The van der Waals surface area contributed by atoms with Crippen LogP contribution in [0.2, 0.25) is 0 Å². The highest BCUT2D eigenvalue weighted by Gasteiger charge is 2.08. The zero-order valence-corrected chi connectivity index (χ0v) is 12.6. The van der Waals surface area contributed by atoms with Crippen LogP contribution in [0.4, 0.5) is 5.69 Å². The number of hydrogen-bond acceptors (Lipinski definition) is 6. The van der Waals surface area contributed by atoms with Gasteiger partial charge in [0.1, 0.15) is 5.78 Å². The molecule has 1 N–H and O–H groups in total. The number of aromatic nitrogens is 2. The van der Waals surface area contributed by atoms with E-state index < -0.39 is 0 Å². The fourth-order valence-corrected chi connectivity index (χ4v) is 2.29. The van der Waals surface area contributed by atoms with Gasteiger partial charge in [0.05, 0.1) is 12.3 Å². The minimum Gasteiger partial charge on any atom is -0.414 e. The zero-order chi connectivity index (χ0) is 14.5. The number of benzene rings is 1. The zero-order valence-electron chi connectivity index (χ0n) is 11.8. The van der Waals surface area contributed by atoms with Gasteiger partial charge >= 0.3 is 0 Å². The van der Waals surface area contributed by atoms with Gasteiger partial charge in [-0.05, 0) is 32.4 Å². The minimum atomic E-state index is 0.0863. The van der Waals surface area contributed by atoms with Crippen LogP contribution in [0, 0.1) is 13.8 Å². The van der Waals surface area contributed by atoms with Gasteiger partial charge in [0, 0.05) is 5.69 Å². The van der Waals surface area contributed by atoms with Crippen LogP contribution in [-0.2, 0) is 11.3 Å². The Morgan fingerprint density at radius 2 is 2.15 bits per heavy atom. The van der Waals surface area contributed by atoms with E-state index in [1.807, 2.05) is 6.07 Å². The standard InChI is InChI=1S/C14H17N3O2S/c1-9-4-5-12(10(2)6-9)15-7-13-16-17-14(19-13)20-8-11(3)18/h4-6,15H,7-8H2,1-3H3. The molecule has 0 amide bonds. The van der Waals surface area contributed by atoms with E-state index in [-0.39, 0.29) is 5.78 Å². The Morgan fingerprint density at radius 3 is 2.85 bits per heavy atom. The number of Topliss-reactive ketones (excluding diaryl/α,β-unsaturated/α-hetero) is 1. The Balaban J connectivity index is 1.92. The molecule has 0 aliphatic carbocycles. The molecule has 0 spiro atoms. The maximum Gasteiger partial charge on any atom is 0.277 e. The van der Waals surface area contributed by atoms with Gasteiger partial charge in [-0.3, -0.25) is 4.79 Å². The van der Waals surface area contributed by atoms with Crippen LogP contribution in [0.15, 0.2) is 27.8 Å². The highest BCUT2D eigenvalue weighted by molar-refractivity contribution is 7.99. The fourth-order valence-electron chi connectivity index (χ4n) is 1.71. The third-order valence-electron chi connectivity index (χ3n) is 2.66. The number of aryl methyl sites for hydroxylation is 2. The predicted octanol–water partition coefficient (Wildman–Crippen LogP) is 2.98. The number of carbonyl (C=O) groups excluding carboxylic acids is 1. The number of nitrogens with zero attached hydrogens (tertiary/aromatic N) is 2. The molecule has 0 saturated carbocycles. The van der Waals surface area contributed by atoms with E-state index in [1.165, 1.54) is 29.8 Å². The Labute approximate surface area is 122 Å². The van der Waals surface area contributed by atoms with Gasteiger partial charge in [0.15, 0.2) is 0 Å². The smallest absolute Gasteiger partial charge is 0.277 e. The summed E-state index contributed by atoms with van der Waals surface area (Å²) in [4.78, 5) is 10.9. The normalized spacial score (nSPS) is 10.6. The van der Waals surface area contributed by atoms with E-state index in [2.05, 4.69) is 41.5 Å². The van der Waals surface area contributed by atoms with Crippen molar-refractivity contribution < 1.29 is 9.21 Å². The topological polar surface area (TPSA) is 68.0 Å². The van der Waals surface area contributed by atoms with Gasteiger partial charge < -0.3 is 9.73 Å². The summed E-state index contributed by atoms with van der Waals surface area (Å²) in [5, 5.41) is 11.5. The van der Waals surface area contributed by atoms with E-state index in [1.54, 1.807) is 0 Å². The number of carbonyl (C=O) groups is 1.